The van der Waals surface area contributed by atoms with Gasteiger partial charge in [-0.25, -0.2) is 0 Å². The first-order valence-electron chi connectivity index (χ1n) is 7.80. The van der Waals surface area contributed by atoms with E-state index < -0.39 is 0 Å². The zero-order valence-corrected chi connectivity index (χ0v) is 13.3. The second-order valence-electron chi connectivity index (χ2n) is 6.13. The van der Waals surface area contributed by atoms with Gasteiger partial charge in [-0.1, -0.05) is 38.7 Å². The summed E-state index contributed by atoms with van der Waals surface area (Å²) in [6.45, 7) is 3.29. The number of aromatic amines is 1. The number of pyridine rings is 1. The lowest BCUT2D eigenvalue weighted by Crippen LogP contribution is -2.15. The fourth-order valence-corrected chi connectivity index (χ4v) is 3.37. The third-order valence-corrected chi connectivity index (χ3v) is 4.86. The molecule has 1 aliphatic carbocycles. The number of nitrogens with zero attached hydrogens (tertiary/aromatic N) is 3. The molecule has 0 atom stereocenters. The highest BCUT2D eigenvalue weighted by Crippen LogP contribution is 2.31. The molecule has 0 unspecified atom stereocenters. The molecular weight excluding hydrogens is 280 g/mol. The topological polar surface area (TPSA) is 46.5 Å². The molecule has 0 amide bonds. The highest BCUT2D eigenvalue weighted by atomic mass is 32.1. The summed E-state index contributed by atoms with van der Waals surface area (Å²) in [6, 6.07) is 5.87. The van der Waals surface area contributed by atoms with Gasteiger partial charge in [0, 0.05) is 12.7 Å². The first kappa shape index (κ1) is 14.4. The number of aromatic nitrogens is 4. The van der Waals surface area contributed by atoms with Crippen molar-refractivity contribution >= 4 is 12.2 Å². The van der Waals surface area contributed by atoms with Crippen LogP contribution in [0.5, 0.6) is 0 Å². The van der Waals surface area contributed by atoms with Crippen LogP contribution in [-0.4, -0.2) is 19.7 Å². The van der Waals surface area contributed by atoms with Crippen LogP contribution in [0.25, 0.3) is 11.5 Å². The van der Waals surface area contributed by atoms with Crippen LogP contribution in [0.4, 0.5) is 0 Å². The largest absolute Gasteiger partial charge is 0.299 e. The van der Waals surface area contributed by atoms with E-state index in [0.717, 1.165) is 29.9 Å². The van der Waals surface area contributed by atoms with E-state index in [1.807, 2.05) is 18.2 Å². The Balaban J connectivity index is 1.71. The third-order valence-electron chi connectivity index (χ3n) is 4.55. The van der Waals surface area contributed by atoms with E-state index in [9.17, 15) is 0 Å². The molecule has 5 heteroatoms. The Morgan fingerprint density at radius 1 is 1.29 bits per heavy atom. The van der Waals surface area contributed by atoms with Crippen molar-refractivity contribution in [3.63, 3.8) is 0 Å². The molecule has 4 nitrogen and oxygen atoms in total. The molecule has 0 bridgehead atoms. The first-order chi connectivity index (χ1) is 10.2. The van der Waals surface area contributed by atoms with Gasteiger partial charge in [0.2, 0.25) is 0 Å². The Hall–Kier alpha value is -1.49. The summed E-state index contributed by atoms with van der Waals surface area (Å²) in [4.78, 5) is 4.38. The van der Waals surface area contributed by atoms with Crippen LogP contribution in [0.3, 0.4) is 0 Å². The molecule has 112 valence electrons. The number of rotatable bonds is 4. The summed E-state index contributed by atoms with van der Waals surface area (Å²) >= 11 is 5.38. The number of H-pyrrole nitrogens is 1. The van der Waals surface area contributed by atoms with E-state index in [0.29, 0.717) is 4.77 Å². The Kier molecular flexibility index (Phi) is 4.48. The molecule has 0 spiro atoms. The lowest BCUT2D eigenvalue weighted by atomic mass is 9.81. The van der Waals surface area contributed by atoms with Crippen LogP contribution < -0.4 is 0 Å². The van der Waals surface area contributed by atoms with E-state index in [1.165, 1.54) is 32.1 Å². The van der Waals surface area contributed by atoms with Crippen molar-refractivity contribution in [2.75, 3.05) is 0 Å². The summed E-state index contributed by atoms with van der Waals surface area (Å²) in [5.41, 5.74) is 0.877. The van der Waals surface area contributed by atoms with E-state index in [1.54, 1.807) is 6.20 Å². The maximum absolute atomic E-state index is 5.38. The summed E-state index contributed by atoms with van der Waals surface area (Å²) in [5.74, 6) is 2.58. The second-order valence-corrected chi connectivity index (χ2v) is 6.52. The fraction of sp³-hybridized carbons (Fsp3) is 0.562. The maximum Gasteiger partial charge on any atom is 0.195 e. The van der Waals surface area contributed by atoms with Gasteiger partial charge in [0.25, 0.3) is 0 Å². The summed E-state index contributed by atoms with van der Waals surface area (Å²) in [7, 11) is 0. The summed E-state index contributed by atoms with van der Waals surface area (Å²) in [6.07, 6.45) is 8.42. The van der Waals surface area contributed by atoms with E-state index in [-0.39, 0.29) is 0 Å². The molecule has 0 saturated heterocycles. The zero-order chi connectivity index (χ0) is 14.7. The van der Waals surface area contributed by atoms with Crippen molar-refractivity contribution < 1.29 is 0 Å². The van der Waals surface area contributed by atoms with Crippen LogP contribution in [0, 0.1) is 16.6 Å². The molecule has 2 heterocycles. The van der Waals surface area contributed by atoms with Gasteiger partial charge in [-0.05, 0) is 42.6 Å². The number of hydrogen-bond donors (Lipinski definition) is 1. The van der Waals surface area contributed by atoms with Crippen LogP contribution in [-0.2, 0) is 6.54 Å². The molecule has 2 aromatic rings. The van der Waals surface area contributed by atoms with Gasteiger partial charge in [-0.3, -0.25) is 14.6 Å². The van der Waals surface area contributed by atoms with Crippen molar-refractivity contribution in [1.82, 2.24) is 19.7 Å². The fourth-order valence-electron chi connectivity index (χ4n) is 3.15. The predicted molar refractivity (Wildman–Crippen MR) is 86.4 cm³/mol. The lowest BCUT2D eigenvalue weighted by Gasteiger charge is -2.26. The minimum absolute atomic E-state index is 0.694. The summed E-state index contributed by atoms with van der Waals surface area (Å²) in [5, 5.41) is 7.25. The molecule has 0 radical (unpaired) electrons. The van der Waals surface area contributed by atoms with Gasteiger partial charge in [0.15, 0.2) is 10.6 Å². The van der Waals surface area contributed by atoms with Crippen molar-refractivity contribution in [3.8, 4) is 11.5 Å². The third kappa shape index (κ3) is 3.40. The van der Waals surface area contributed by atoms with Gasteiger partial charge in [0.05, 0.1) is 0 Å². The van der Waals surface area contributed by atoms with Gasteiger partial charge in [-0.2, -0.15) is 5.10 Å². The Morgan fingerprint density at radius 2 is 2.10 bits per heavy atom. The molecule has 21 heavy (non-hydrogen) atoms. The summed E-state index contributed by atoms with van der Waals surface area (Å²) < 4.78 is 2.79. The predicted octanol–water partition coefficient (Wildman–Crippen LogP) is 4.22. The molecule has 1 saturated carbocycles. The van der Waals surface area contributed by atoms with Crippen molar-refractivity contribution in [2.24, 2.45) is 11.8 Å². The smallest absolute Gasteiger partial charge is 0.195 e. The van der Waals surface area contributed by atoms with Crippen molar-refractivity contribution in [3.05, 3.63) is 29.2 Å². The van der Waals surface area contributed by atoms with Gasteiger partial charge < -0.3 is 0 Å². The highest BCUT2D eigenvalue weighted by molar-refractivity contribution is 7.71. The van der Waals surface area contributed by atoms with E-state index in [4.69, 9.17) is 12.2 Å². The maximum atomic E-state index is 5.38. The van der Waals surface area contributed by atoms with Gasteiger partial charge in [0.1, 0.15) is 5.69 Å². The van der Waals surface area contributed by atoms with Crippen LogP contribution in [0.2, 0.25) is 0 Å². The molecule has 1 fully saturated rings. The molecular formula is C16H22N4S. The number of nitrogens with one attached hydrogen (secondary N) is 1. The minimum Gasteiger partial charge on any atom is -0.299 e. The molecule has 0 aliphatic heterocycles. The monoisotopic (exact) mass is 302 g/mol. The van der Waals surface area contributed by atoms with Crippen molar-refractivity contribution in [1.29, 1.82) is 0 Å². The molecule has 3 rings (SSSR count). The Bertz CT molecular complexity index is 623. The quantitative estimate of drug-likeness (QED) is 0.860. The van der Waals surface area contributed by atoms with Crippen LogP contribution in [0.15, 0.2) is 24.4 Å². The standard InChI is InChI=1S/C16H22N4S/c1-12-5-7-13(8-6-12)9-11-20-15(18-19-16(20)21)14-4-2-3-10-17-14/h2-4,10,12-13H,5-9,11H2,1H3,(H,19,21). The Labute approximate surface area is 130 Å². The second kappa shape index (κ2) is 6.52. The molecule has 1 aliphatic rings. The normalized spacial score (nSPS) is 22.3. The number of hydrogen-bond acceptors (Lipinski definition) is 3. The molecule has 2 aromatic heterocycles. The molecule has 0 aromatic carbocycles. The highest BCUT2D eigenvalue weighted by Gasteiger charge is 2.19. The van der Waals surface area contributed by atoms with Crippen LogP contribution >= 0.6 is 12.2 Å². The average Bonchev–Trinajstić information content (AvgIpc) is 2.89. The van der Waals surface area contributed by atoms with Gasteiger partial charge >= 0.3 is 0 Å². The van der Waals surface area contributed by atoms with E-state index >= 15 is 0 Å². The van der Waals surface area contributed by atoms with Crippen LogP contribution in [0.1, 0.15) is 39.0 Å². The van der Waals surface area contributed by atoms with E-state index in [2.05, 4.69) is 26.7 Å². The minimum atomic E-state index is 0.694. The van der Waals surface area contributed by atoms with Crippen molar-refractivity contribution in [2.45, 2.75) is 45.6 Å². The zero-order valence-electron chi connectivity index (χ0n) is 12.5. The first-order valence-corrected chi connectivity index (χ1v) is 8.21. The molecule has 1 N–H and O–H groups in total. The lowest BCUT2D eigenvalue weighted by molar-refractivity contribution is 0.268. The SMILES string of the molecule is CC1CCC(CCn2c(-c3ccccn3)n[nH]c2=S)CC1. The van der Waals surface area contributed by atoms with Gasteiger partial charge in [-0.15, -0.1) is 0 Å². The average molecular weight is 302 g/mol. The Morgan fingerprint density at radius 3 is 2.81 bits per heavy atom.